The summed E-state index contributed by atoms with van der Waals surface area (Å²) in [4.78, 5) is 34.2. The van der Waals surface area contributed by atoms with Crippen LogP contribution in [0.2, 0.25) is 0 Å². The highest BCUT2D eigenvalue weighted by molar-refractivity contribution is 7.47. The molecule has 0 aromatic rings. The highest BCUT2D eigenvalue weighted by Gasteiger charge is 2.27. The predicted molar refractivity (Wildman–Crippen MR) is 141 cm³/mol. The number of carbonyl (C=O) groups is 2. The molecule has 0 bridgehead atoms. The molecule has 3 N–H and O–H groups in total. The van der Waals surface area contributed by atoms with Gasteiger partial charge in [-0.1, -0.05) is 90.9 Å². The first-order valence-electron chi connectivity index (χ1n) is 14.0. The van der Waals surface area contributed by atoms with Crippen LogP contribution in [0, 0.1) is 0 Å². The molecular formula is C26H51O10P. The minimum atomic E-state index is -4.58. The summed E-state index contributed by atoms with van der Waals surface area (Å²) in [6.45, 7) is 2.22. The molecule has 0 saturated carbocycles. The van der Waals surface area contributed by atoms with E-state index in [0.717, 1.165) is 38.5 Å². The molecule has 0 heterocycles. The van der Waals surface area contributed by atoms with Crippen molar-refractivity contribution in [1.82, 2.24) is 0 Å². The van der Waals surface area contributed by atoms with Crippen LogP contribution in [0.25, 0.3) is 0 Å². The SMILES string of the molecule is CCCCCCCCCC(=O)OCC(COP(=O)(O)OC[C@@H](O)CO)OC(=O)CCCCCCCCC. The summed E-state index contributed by atoms with van der Waals surface area (Å²) in [5.74, 6) is -0.939. The van der Waals surface area contributed by atoms with Crippen LogP contribution in [0.4, 0.5) is 0 Å². The highest BCUT2D eigenvalue weighted by atomic mass is 31.2. The van der Waals surface area contributed by atoms with Crippen LogP contribution in [0.15, 0.2) is 0 Å². The lowest BCUT2D eigenvalue weighted by atomic mass is 10.1. The first kappa shape index (κ1) is 36.0. The maximum absolute atomic E-state index is 12.3. The van der Waals surface area contributed by atoms with Crippen molar-refractivity contribution in [2.45, 2.75) is 129 Å². The summed E-state index contributed by atoms with van der Waals surface area (Å²) in [7, 11) is -4.58. The molecule has 0 rings (SSSR count). The van der Waals surface area contributed by atoms with Gasteiger partial charge in [-0.05, 0) is 12.8 Å². The van der Waals surface area contributed by atoms with E-state index in [-0.39, 0.29) is 19.4 Å². The number of hydrogen-bond acceptors (Lipinski definition) is 9. The van der Waals surface area contributed by atoms with E-state index in [9.17, 15) is 24.2 Å². The fraction of sp³-hybridized carbons (Fsp3) is 0.923. The number of phosphoric acid groups is 1. The minimum absolute atomic E-state index is 0.187. The molecular weight excluding hydrogens is 503 g/mol. The Balaban J connectivity index is 4.54. The molecule has 10 nitrogen and oxygen atoms in total. The predicted octanol–water partition coefficient (Wildman–Crippen LogP) is 5.21. The normalized spacial score (nSPS) is 14.6. The maximum Gasteiger partial charge on any atom is 0.472 e. The average Bonchev–Trinajstić information content (AvgIpc) is 2.87. The second-order valence-electron chi connectivity index (χ2n) is 9.43. The van der Waals surface area contributed by atoms with Crippen molar-refractivity contribution in [3.8, 4) is 0 Å². The molecule has 0 fully saturated rings. The number of hydrogen-bond donors (Lipinski definition) is 3. The van der Waals surface area contributed by atoms with Crippen LogP contribution in [-0.4, -0.2) is 65.7 Å². The molecule has 0 aliphatic rings. The highest BCUT2D eigenvalue weighted by Crippen LogP contribution is 2.43. The van der Waals surface area contributed by atoms with Gasteiger partial charge in [0.05, 0.1) is 19.8 Å². The summed E-state index contributed by atoms with van der Waals surface area (Å²) in [5, 5.41) is 18.1. The van der Waals surface area contributed by atoms with E-state index >= 15 is 0 Å². The molecule has 37 heavy (non-hydrogen) atoms. The number of carbonyl (C=O) groups excluding carboxylic acids is 2. The van der Waals surface area contributed by atoms with Crippen molar-refractivity contribution in [2.75, 3.05) is 26.4 Å². The van der Waals surface area contributed by atoms with Gasteiger partial charge < -0.3 is 24.6 Å². The van der Waals surface area contributed by atoms with Gasteiger partial charge in [0.2, 0.25) is 0 Å². The van der Waals surface area contributed by atoms with E-state index in [1.165, 1.54) is 38.5 Å². The third-order valence-corrected chi connectivity index (χ3v) is 6.71. The smallest absolute Gasteiger partial charge is 0.462 e. The van der Waals surface area contributed by atoms with Crippen LogP contribution >= 0.6 is 7.82 Å². The van der Waals surface area contributed by atoms with Crippen molar-refractivity contribution < 1.29 is 47.8 Å². The van der Waals surface area contributed by atoms with Crippen molar-refractivity contribution in [3.63, 3.8) is 0 Å². The van der Waals surface area contributed by atoms with Gasteiger partial charge >= 0.3 is 19.8 Å². The number of phosphoric ester groups is 1. The third-order valence-electron chi connectivity index (χ3n) is 5.76. The van der Waals surface area contributed by atoms with E-state index < -0.39 is 51.8 Å². The molecule has 0 radical (unpaired) electrons. The second kappa shape index (κ2) is 24.0. The Bertz CT molecular complexity index is 616. The molecule has 0 aromatic heterocycles. The summed E-state index contributed by atoms with van der Waals surface area (Å²) in [5.41, 5.74) is 0. The monoisotopic (exact) mass is 554 g/mol. The lowest BCUT2D eigenvalue weighted by Gasteiger charge is -2.20. The van der Waals surface area contributed by atoms with Gasteiger partial charge in [0.25, 0.3) is 0 Å². The van der Waals surface area contributed by atoms with Gasteiger partial charge in [0.1, 0.15) is 12.7 Å². The lowest BCUT2D eigenvalue weighted by Crippen LogP contribution is -2.29. The Kier molecular flexibility index (Phi) is 23.4. The zero-order valence-electron chi connectivity index (χ0n) is 22.9. The van der Waals surface area contributed by atoms with E-state index in [4.69, 9.17) is 19.1 Å². The molecule has 0 aromatic carbocycles. The topological polar surface area (TPSA) is 149 Å². The van der Waals surface area contributed by atoms with Crippen LogP contribution in [-0.2, 0) is 32.7 Å². The van der Waals surface area contributed by atoms with E-state index in [0.29, 0.717) is 12.8 Å². The zero-order chi connectivity index (χ0) is 27.8. The van der Waals surface area contributed by atoms with Gasteiger partial charge in [-0.2, -0.15) is 0 Å². The van der Waals surface area contributed by atoms with Gasteiger partial charge in [0, 0.05) is 12.8 Å². The van der Waals surface area contributed by atoms with Crippen LogP contribution < -0.4 is 0 Å². The molecule has 0 amide bonds. The molecule has 0 spiro atoms. The summed E-state index contributed by atoms with van der Waals surface area (Å²) in [6.07, 6.45) is 12.8. The quantitative estimate of drug-likeness (QED) is 0.0739. The Hall–Kier alpha value is -1.03. The molecule has 11 heteroatoms. The first-order chi connectivity index (χ1) is 17.7. The third kappa shape index (κ3) is 23.8. The Morgan fingerprint density at radius 2 is 1.16 bits per heavy atom. The van der Waals surface area contributed by atoms with Crippen molar-refractivity contribution >= 4 is 19.8 Å². The summed E-state index contributed by atoms with van der Waals surface area (Å²) >= 11 is 0. The van der Waals surface area contributed by atoms with Gasteiger partial charge in [-0.3, -0.25) is 18.6 Å². The Morgan fingerprint density at radius 1 is 0.703 bits per heavy atom. The second-order valence-corrected chi connectivity index (χ2v) is 10.9. The number of ether oxygens (including phenoxy) is 2. The van der Waals surface area contributed by atoms with Crippen LogP contribution in [0.1, 0.15) is 117 Å². The van der Waals surface area contributed by atoms with Crippen LogP contribution in [0.3, 0.4) is 0 Å². The lowest BCUT2D eigenvalue weighted by molar-refractivity contribution is -0.161. The molecule has 220 valence electrons. The van der Waals surface area contributed by atoms with Gasteiger partial charge in [-0.15, -0.1) is 0 Å². The maximum atomic E-state index is 12.3. The van der Waals surface area contributed by atoms with Gasteiger partial charge in [-0.25, -0.2) is 4.57 Å². The molecule has 3 atom stereocenters. The fourth-order valence-electron chi connectivity index (χ4n) is 3.52. The average molecular weight is 555 g/mol. The number of esters is 2. The van der Waals surface area contributed by atoms with Crippen molar-refractivity contribution in [2.24, 2.45) is 0 Å². The van der Waals surface area contributed by atoms with Gasteiger partial charge in [0.15, 0.2) is 6.10 Å². The fourth-order valence-corrected chi connectivity index (χ4v) is 4.31. The molecule has 2 unspecified atom stereocenters. The standard InChI is InChI=1S/C26H51O10P/c1-3-5-7-9-11-13-15-17-25(29)33-21-24(22-35-37(31,32)34-20-23(28)19-27)36-26(30)18-16-14-12-10-8-6-4-2/h23-24,27-28H,3-22H2,1-2H3,(H,31,32)/t23-,24?/m0/s1. The number of rotatable bonds is 26. The van der Waals surface area contributed by atoms with E-state index in [1.807, 2.05) is 0 Å². The van der Waals surface area contributed by atoms with Crippen molar-refractivity contribution in [3.05, 3.63) is 0 Å². The van der Waals surface area contributed by atoms with E-state index in [1.54, 1.807) is 0 Å². The first-order valence-corrected chi connectivity index (χ1v) is 15.5. The number of aliphatic hydroxyl groups excluding tert-OH is 2. The van der Waals surface area contributed by atoms with E-state index in [2.05, 4.69) is 18.4 Å². The summed E-state index contributed by atoms with van der Waals surface area (Å²) in [6, 6.07) is 0. The number of aliphatic hydroxyl groups is 2. The molecule has 0 aliphatic carbocycles. The minimum Gasteiger partial charge on any atom is -0.462 e. The Labute approximate surface area is 223 Å². The van der Waals surface area contributed by atoms with Crippen LogP contribution in [0.5, 0.6) is 0 Å². The largest absolute Gasteiger partial charge is 0.472 e. The zero-order valence-corrected chi connectivity index (χ0v) is 23.8. The summed E-state index contributed by atoms with van der Waals surface area (Å²) < 4.78 is 32.1. The number of unbranched alkanes of at least 4 members (excludes halogenated alkanes) is 12. The molecule has 0 aliphatic heterocycles. The molecule has 0 saturated heterocycles. The van der Waals surface area contributed by atoms with Crippen molar-refractivity contribution in [1.29, 1.82) is 0 Å². The Morgan fingerprint density at radius 3 is 1.68 bits per heavy atom.